The number of ether oxygens (including phenoxy) is 1. The van der Waals surface area contributed by atoms with Crippen molar-refractivity contribution < 1.29 is 4.74 Å². The molecule has 4 aromatic rings. The van der Waals surface area contributed by atoms with Crippen LogP contribution in [0.25, 0.3) is 22.4 Å². The van der Waals surface area contributed by atoms with E-state index in [1.54, 1.807) is 12.5 Å². The molecule has 0 aliphatic heterocycles. The molecule has 5 nitrogen and oxygen atoms in total. The molecule has 1 unspecified atom stereocenters. The molecule has 5 heteroatoms. The number of aromatic nitrogens is 4. The monoisotopic (exact) mass is 346 g/mol. The smallest absolute Gasteiger partial charge is 0.100 e. The third-order valence-corrected chi connectivity index (χ3v) is 4.43. The highest BCUT2D eigenvalue weighted by atomic mass is 16.5. The van der Waals surface area contributed by atoms with E-state index in [0.717, 1.165) is 28.0 Å². The van der Waals surface area contributed by atoms with Crippen LogP contribution in [0.4, 0.5) is 0 Å². The Labute approximate surface area is 152 Å². The maximum absolute atomic E-state index is 5.89. The second kappa shape index (κ2) is 6.77. The van der Waals surface area contributed by atoms with Crippen molar-refractivity contribution in [1.82, 2.24) is 19.1 Å². The zero-order chi connectivity index (χ0) is 18.1. The van der Waals surface area contributed by atoms with Crippen LogP contribution in [0, 0.1) is 0 Å². The Balaban J connectivity index is 1.71. The van der Waals surface area contributed by atoms with Gasteiger partial charge in [-0.1, -0.05) is 12.1 Å². The number of nitrogens with zero attached hydrogens (tertiary/aromatic N) is 4. The minimum Gasteiger partial charge on any atom is -0.371 e. The topological polar surface area (TPSA) is 44.9 Å². The van der Waals surface area contributed by atoms with Gasteiger partial charge in [0.25, 0.3) is 0 Å². The van der Waals surface area contributed by atoms with Crippen LogP contribution in [0.15, 0.2) is 67.5 Å². The number of hydrogen-bond donors (Lipinski definition) is 0. The highest BCUT2D eigenvalue weighted by Crippen LogP contribution is 2.25. The molecule has 0 spiro atoms. The van der Waals surface area contributed by atoms with E-state index in [-0.39, 0.29) is 12.2 Å². The number of rotatable bonds is 5. The maximum atomic E-state index is 5.89. The molecule has 0 aliphatic carbocycles. The predicted molar refractivity (Wildman–Crippen MR) is 103 cm³/mol. The van der Waals surface area contributed by atoms with Crippen LogP contribution < -0.4 is 0 Å². The Hall–Kier alpha value is -2.92. The lowest BCUT2D eigenvalue weighted by atomic mass is 10.1. The minimum absolute atomic E-state index is 0.0501. The van der Waals surface area contributed by atoms with Crippen molar-refractivity contribution >= 4 is 11.0 Å². The molecule has 0 bridgehead atoms. The van der Waals surface area contributed by atoms with Gasteiger partial charge in [0.2, 0.25) is 0 Å². The van der Waals surface area contributed by atoms with Crippen molar-refractivity contribution in [2.24, 2.45) is 0 Å². The summed E-state index contributed by atoms with van der Waals surface area (Å²) in [6, 6.07) is 14.7. The first kappa shape index (κ1) is 16.5. The first-order valence-electron chi connectivity index (χ1n) is 8.83. The molecular weight excluding hydrogens is 324 g/mol. The summed E-state index contributed by atoms with van der Waals surface area (Å²) in [7, 11) is 0. The van der Waals surface area contributed by atoms with Gasteiger partial charge < -0.3 is 9.30 Å². The van der Waals surface area contributed by atoms with Crippen LogP contribution in [0.2, 0.25) is 0 Å². The first-order valence-corrected chi connectivity index (χ1v) is 8.83. The van der Waals surface area contributed by atoms with E-state index in [4.69, 9.17) is 4.74 Å². The van der Waals surface area contributed by atoms with Gasteiger partial charge >= 0.3 is 0 Å². The van der Waals surface area contributed by atoms with Gasteiger partial charge in [-0.15, -0.1) is 0 Å². The molecule has 0 radical (unpaired) electrons. The van der Waals surface area contributed by atoms with Crippen LogP contribution >= 0.6 is 0 Å². The Morgan fingerprint density at radius 2 is 1.81 bits per heavy atom. The van der Waals surface area contributed by atoms with Crippen LogP contribution in [0.1, 0.15) is 32.4 Å². The molecule has 4 rings (SSSR count). The second-order valence-corrected chi connectivity index (χ2v) is 6.68. The molecule has 2 aromatic carbocycles. The van der Waals surface area contributed by atoms with Crippen molar-refractivity contribution in [3.8, 4) is 11.4 Å². The Morgan fingerprint density at radius 3 is 2.58 bits per heavy atom. The quantitative estimate of drug-likeness (QED) is 0.526. The molecule has 1 atom stereocenters. The first-order chi connectivity index (χ1) is 12.6. The van der Waals surface area contributed by atoms with Gasteiger partial charge in [-0.3, -0.25) is 4.57 Å². The SMILES string of the molecule is CC(C)OC(C)c1ccc2c(c1)ncn2-c1cccc(-n2ccnc2)c1. The summed E-state index contributed by atoms with van der Waals surface area (Å²) in [5, 5.41) is 0. The molecular formula is C21H22N4O. The van der Waals surface area contributed by atoms with Gasteiger partial charge in [-0.05, 0) is 56.7 Å². The standard InChI is InChI=1S/C21H22N4O/c1-15(2)26-16(3)17-7-8-21-20(11-17)23-14-25(21)19-6-4-5-18(12-19)24-10-9-22-13-24/h4-16H,1-3H3. The van der Waals surface area contributed by atoms with E-state index in [9.17, 15) is 0 Å². The highest BCUT2D eigenvalue weighted by Gasteiger charge is 2.11. The average molecular weight is 346 g/mol. The van der Waals surface area contributed by atoms with E-state index < -0.39 is 0 Å². The lowest BCUT2D eigenvalue weighted by Gasteiger charge is -2.16. The molecule has 0 amide bonds. The maximum Gasteiger partial charge on any atom is 0.100 e. The van der Waals surface area contributed by atoms with Gasteiger partial charge in [-0.2, -0.15) is 0 Å². The van der Waals surface area contributed by atoms with Gasteiger partial charge in [0.15, 0.2) is 0 Å². The van der Waals surface area contributed by atoms with Gasteiger partial charge in [0.1, 0.15) is 6.33 Å². The number of fused-ring (bicyclic) bond motifs is 1. The zero-order valence-corrected chi connectivity index (χ0v) is 15.2. The van der Waals surface area contributed by atoms with Crippen LogP contribution in [-0.2, 0) is 4.74 Å². The fourth-order valence-electron chi connectivity index (χ4n) is 3.19. The molecule has 132 valence electrons. The predicted octanol–water partition coefficient (Wildman–Crippen LogP) is 4.70. The molecule has 0 saturated carbocycles. The van der Waals surface area contributed by atoms with Crippen molar-refractivity contribution in [2.45, 2.75) is 33.0 Å². The highest BCUT2D eigenvalue weighted by molar-refractivity contribution is 5.78. The van der Waals surface area contributed by atoms with Crippen molar-refractivity contribution in [1.29, 1.82) is 0 Å². The van der Waals surface area contributed by atoms with E-state index in [1.165, 1.54) is 0 Å². The average Bonchev–Trinajstić information content (AvgIpc) is 3.30. The largest absolute Gasteiger partial charge is 0.371 e. The summed E-state index contributed by atoms with van der Waals surface area (Å²) in [4.78, 5) is 8.72. The summed E-state index contributed by atoms with van der Waals surface area (Å²) in [5.41, 5.74) is 5.32. The van der Waals surface area contributed by atoms with Crippen molar-refractivity contribution in [3.05, 3.63) is 73.1 Å². The zero-order valence-electron chi connectivity index (χ0n) is 15.2. The summed E-state index contributed by atoms with van der Waals surface area (Å²) in [5.74, 6) is 0. The molecule has 0 saturated heterocycles. The van der Waals surface area contributed by atoms with Crippen LogP contribution in [-0.4, -0.2) is 25.2 Å². The summed E-state index contributed by atoms with van der Waals surface area (Å²) >= 11 is 0. The van der Waals surface area contributed by atoms with E-state index in [1.807, 2.05) is 23.2 Å². The molecule has 0 N–H and O–H groups in total. The normalized spacial score (nSPS) is 12.8. The fraction of sp³-hybridized carbons (Fsp3) is 0.238. The number of benzene rings is 2. The van der Waals surface area contributed by atoms with E-state index >= 15 is 0 Å². The summed E-state index contributed by atoms with van der Waals surface area (Å²) in [6.45, 7) is 6.18. The third kappa shape index (κ3) is 3.13. The van der Waals surface area contributed by atoms with E-state index in [2.05, 4.69) is 71.7 Å². The summed E-state index contributed by atoms with van der Waals surface area (Å²) < 4.78 is 9.99. The number of imidazole rings is 2. The van der Waals surface area contributed by atoms with Gasteiger partial charge in [-0.25, -0.2) is 9.97 Å². The Morgan fingerprint density at radius 1 is 0.962 bits per heavy atom. The van der Waals surface area contributed by atoms with Crippen LogP contribution in [0.3, 0.4) is 0 Å². The molecule has 2 heterocycles. The minimum atomic E-state index is 0.0501. The van der Waals surface area contributed by atoms with Gasteiger partial charge in [0, 0.05) is 23.8 Å². The fourth-order valence-corrected chi connectivity index (χ4v) is 3.19. The lowest BCUT2D eigenvalue weighted by Crippen LogP contribution is -2.07. The van der Waals surface area contributed by atoms with Crippen LogP contribution in [0.5, 0.6) is 0 Å². The Bertz CT molecular complexity index is 1020. The summed E-state index contributed by atoms with van der Waals surface area (Å²) in [6.07, 6.45) is 7.64. The molecule has 0 aliphatic rings. The second-order valence-electron chi connectivity index (χ2n) is 6.68. The third-order valence-electron chi connectivity index (χ3n) is 4.43. The Kier molecular flexibility index (Phi) is 4.31. The molecule has 26 heavy (non-hydrogen) atoms. The lowest BCUT2D eigenvalue weighted by molar-refractivity contribution is 0.0179. The molecule has 0 fully saturated rings. The van der Waals surface area contributed by atoms with E-state index in [0.29, 0.717) is 0 Å². The van der Waals surface area contributed by atoms with Crippen molar-refractivity contribution in [3.63, 3.8) is 0 Å². The van der Waals surface area contributed by atoms with Crippen molar-refractivity contribution in [2.75, 3.05) is 0 Å². The number of hydrogen-bond acceptors (Lipinski definition) is 3. The van der Waals surface area contributed by atoms with Gasteiger partial charge in [0.05, 0.1) is 29.6 Å². The molecule has 2 aromatic heterocycles.